The number of hydrogen-bond donors (Lipinski definition) is 2. The van der Waals surface area contributed by atoms with Crippen LogP contribution in [0.4, 0.5) is 0 Å². The highest BCUT2D eigenvalue weighted by Gasteiger charge is 2.27. The number of nitriles is 1. The highest BCUT2D eigenvalue weighted by molar-refractivity contribution is 6.05. The number of hydrogen-bond acceptors (Lipinski definition) is 5. The fourth-order valence-corrected chi connectivity index (χ4v) is 5.12. The lowest BCUT2D eigenvalue weighted by Crippen LogP contribution is -2.38. The molecule has 0 aliphatic heterocycles. The Kier molecular flexibility index (Phi) is 7.09. The number of carbonyl (C=O) groups is 2. The quantitative estimate of drug-likeness (QED) is 0.363. The van der Waals surface area contributed by atoms with Gasteiger partial charge in [-0.05, 0) is 66.6 Å². The van der Waals surface area contributed by atoms with Crippen molar-refractivity contribution in [2.24, 2.45) is 5.92 Å². The lowest BCUT2D eigenvalue weighted by molar-refractivity contribution is -0.142. The first kappa shape index (κ1) is 25.0. The molecule has 38 heavy (non-hydrogen) atoms. The Hall–Kier alpha value is -4.64. The number of para-hydroxylation sites is 1. The largest absolute Gasteiger partial charge is 0.497 e. The Morgan fingerprint density at radius 1 is 1.08 bits per heavy atom. The number of carboxylic acid groups (broad SMARTS) is 1. The second kappa shape index (κ2) is 10.8. The molecule has 4 aromatic rings. The number of aromatic nitrogens is 2. The summed E-state index contributed by atoms with van der Waals surface area (Å²) in [7, 11) is 1.58. The Labute approximate surface area is 220 Å². The van der Waals surface area contributed by atoms with Crippen molar-refractivity contribution < 1.29 is 19.4 Å². The minimum atomic E-state index is -0.758. The molecule has 3 aromatic carbocycles. The number of nitrogens with one attached hydrogen (secondary N) is 1. The Balaban J connectivity index is 1.35. The monoisotopic (exact) mass is 508 g/mol. The first-order valence-electron chi connectivity index (χ1n) is 12.6. The summed E-state index contributed by atoms with van der Waals surface area (Å²) in [6.07, 6.45) is 4.23. The van der Waals surface area contributed by atoms with E-state index < -0.39 is 5.97 Å². The first-order chi connectivity index (χ1) is 18.4. The maximum absolute atomic E-state index is 13.2. The standard InChI is InChI=1S/C30H28N4O4/c1-38-26-14-20(16-31)13-24(15-26)21-7-5-19(6-8-21)18-34-28-23(17-32-34)3-2-4-27(28)29(35)33-25-11-9-22(10-12-25)30(36)37/h2-8,13-15,17,22,25H,9-12,18H2,1H3,(H,33,35)(H,36,37). The van der Waals surface area contributed by atoms with Crippen molar-refractivity contribution in [3.05, 3.63) is 83.6 Å². The first-order valence-corrected chi connectivity index (χ1v) is 12.6. The van der Waals surface area contributed by atoms with Gasteiger partial charge in [0.05, 0.1) is 48.5 Å². The van der Waals surface area contributed by atoms with Crippen LogP contribution >= 0.6 is 0 Å². The van der Waals surface area contributed by atoms with Crippen LogP contribution in [0, 0.1) is 17.2 Å². The van der Waals surface area contributed by atoms with Crippen LogP contribution < -0.4 is 10.1 Å². The molecule has 1 aromatic heterocycles. The zero-order valence-electron chi connectivity index (χ0n) is 21.1. The van der Waals surface area contributed by atoms with Gasteiger partial charge in [-0.3, -0.25) is 14.3 Å². The minimum Gasteiger partial charge on any atom is -0.497 e. The molecule has 8 heteroatoms. The smallest absolute Gasteiger partial charge is 0.306 e. The number of rotatable bonds is 7. The van der Waals surface area contributed by atoms with Crippen LogP contribution in [0.2, 0.25) is 0 Å². The SMILES string of the molecule is COc1cc(C#N)cc(-c2ccc(Cn3ncc4cccc(C(=O)NC5CCC(C(=O)O)CC5)c43)cc2)c1. The number of fused-ring (bicyclic) bond motifs is 1. The van der Waals surface area contributed by atoms with Crippen LogP contribution in [0.25, 0.3) is 22.0 Å². The van der Waals surface area contributed by atoms with Crippen molar-refractivity contribution in [2.75, 3.05) is 7.11 Å². The number of carboxylic acids is 1. The van der Waals surface area contributed by atoms with E-state index in [1.54, 1.807) is 25.4 Å². The van der Waals surface area contributed by atoms with Crippen molar-refractivity contribution in [1.29, 1.82) is 5.26 Å². The maximum Gasteiger partial charge on any atom is 0.306 e. The van der Waals surface area contributed by atoms with Gasteiger partial charge >= 0.3 is 5.97 Å². The predicted molar refractivity (Wildman–Crippen MR) is 143 cm³/mol. The van der Waals surface area contributed by atoms with E-state index in [4.69, 9.17) is 4.74 Å². The zero-order valence-corrected chi connectivity index (χ0v) is 21.1. The number of methoxy groups -OCH3 is 1. The Morgan fingerprint density at radius 3 is 2.53 bits per heavy atom. The summed E-state index contributed by atoms with van der Waals surface area (Å²) in [6, 6.07) is 21.2. The van der Waals surface area contributed by atoms with Gasteiger partial charge < -0.3 is 15.2 Å². The van der Waals surface area contributed by atoms with Crippen LogP contribution in [0.3, 0.4) is 0 Å². The van der Waals surface area contributed by atoms with E-state index in [0.29, 0.717) is 49.1 Å². The van der Waals surface area contributed by atoms with E-state index in [-0.39, 0.29) is 17.9 Å². The van der Waals surface area contributed by atoms with Crippen LogP contribution in [-0.2, 0) is 11.3 Å². The Bertz CT molecular complexity index is 1530. The second-order valence-electron chi connectivity index (χ2n) is 9.66. The van der Waals surface area contributed by atoms with E-state index >= 15 is 0 Å². The lowest BCUT2D eigenvalue weighted by Gasteiger charge is -2.27. The number of amides is 1. The third-order valence-corrected chi connectivity index (χ3v) is 7.21. The summed E-state index contributed by atoms with van der Waals surface area (Å²) in [4.78, 5) is 24.5. The van der Waals surface area contributed by atoms with Gasteiger partial charge in [-0.1, -0.05) is 36.4 Å². The molecule has 1 aliphatic rings. The molecule has 0 unspecified atom stereocenters. The van der Waals surface area contributed by atoms with Crippen molar-refractivity contribution in [1.82, 2.24) is 15.1 Å². The van der Waals surface area contributed by atoms with Gasteiger partial charge in [-0.15, -0.1) is 0 Å². The molecule has 1 saturated carbocycles. The van der Waals surface area contributed by atoms with Gasteiger partial charge in [0.25, 0.3) is 5.91 Å². The third kappa shape index (κ3) is 5.23. The molecule has 5 rings (SSSR count). The summed E-state index contributed by atoms with van der Waals surface area (Å²) in [5, 5.41) is 27.1. The number of benzene rings is 3. The normalized spacial score (nSPS) is 17.1. The summed E-state index contributed by atoms with van der Waals surface area (Å²) < 4.78 is 7.16. The van der Waals surface area contributed by atoms with E-state index in [1.165, 1.54) is 0 Å². The van der Waals surface area contributed by atoms with Gasteiger partial charge in [0, 0.05) is 11.4 Å². The number of ether oxygens (including phenoxy) is 1. The fraction of sp³-hybridized carbons (Fsp3) is 0.267. The topological polar surface area (TPSA) is 117 Å². The van der Waals surface area contributed by atoms with Gasteiger partial charge in [0.2, 0.25) is 0 Å². The van der Waals surface area contributed by atoms with E-state index in [1.807, 2.05) is 53.2 Å². The lowest BCUT2D eigenvalue weighted by atomic mass is 9.86. The van der Waals surface area contributed by atoms with Crippen LogP contribution in [-0.4, -0.2) is 39.9 Å². The van der Waals surface area contributed by atoms with Crippen molar-refractivity contribution >= 4 is 22.8 Å². The summed E-state index contributed by atoms with van der Waals surface area (Å²) in [5.74, 6) is -0.617. The summed E-state index contributed by atoms with van der Waals surface area (Å²) in [6.45, 7) is 0.485. The summed E-state index contributed by atoms with van der Waals surface area (Å²) >= 11 is 0. The number of carbonyl (C=O) groups excluding carboxylic acids is 1. The summed E-state index contributed by atoms with van der Waals surface area (Å²) in [5.41, 5.74) is 4.73. The molecule has 0 saturated heterocycles. The molecule has 0 bridgehead atoms. The molecule has 1 fully saturated rings. The van der Waals surface area contributed by atoms with E-state index in [2.05, 4.69) is 16.5 Å². The van der Waals surface area contributed by atoms with Gasteiger partial charge in [0.15, 0.2) is 0 Å². The minimum absolute atomic E-state index is 0.0320. The van der Waals surface area contributed by atoms with E-state index in [9.17, 15) is 20.0 Å². The van der Waals surface area contributed by atoms with E-state index in [0.717, 1.165) is 27.6 Å². The number of aliphatic carboxylic acids is 1. The molecule has 0 atom stereocenters. The molecule has 2 N–H and O–H groups in total. The number of nitrogens with zero attached hydrogens (tertiary/aromatic N) is 3. The fourth-order valence-electron chi connectivity index (χ4n) is 5.12. The average Bonchev–Trinajstić information content (AvgIpc) is 3.36. The zero-order chi connectivity index (χ0) is 26.6. The van der Waals surface area contributed by atoms with Crippen LogP contribution in [0.1, 0.15) is 47.2 Å². The molecular weight excluding hydrogens is 480 g/mol. The molecular formula is C30H28N4O4. The van der Waals surface area contributed by atoms with Crippen LogP contribution in [0.5, 0.6) is 5.75 Å². The molecule has 0 spiro atoms. The second-order valence-corrected chi connectivity index (χ2v) is 9.66. The highest BCUT2D eigenvalue weighted by Crippen LogP contribution is 2.28. The Morgan fingerprint density at radius 2 is 1.84 bits per heavy atom. The van der Waals surface area contributed by atoms with Gasteiger partial charge in [0.1, 0.15) is 5.75 Å². The maximum atomic E-state index is 13.2. The predicted octanol–water partition coefficient (Wildman–Crippen LogP) is 5.01. The van der Waals surface area contributed by atoms with Gasteiger partial charge in [-0.25, -0.2) is 0 Å². The van der Waals surface area contributed by atoms with Gasteiger partial charge in [-0.2, -0.15) is 10.4 Å². The molecule has 1 aliphatic carbocycles. The third-order valence-electron chi connectivity index (χ3n) is 7.21. The van der Waals surface area contributed by atoms with Crippen LogP contribution in [0.15, 0.2) is 66.9 Å². The molecule has 1 heterocycles. The van der Waals surface area contributed by atoms with Crippen molar-refractivity contribution in [3.63, 3.8) is 0 Å². The molecule has 0 radical (unpaired) electrons. The molecule has 8 nitrogen and oxygen atoms in total. The molecule has 1 amide bonds. The molecule has 192 valence electrons. The van der Waals surface area contributed by atoms with Crippen molar-refractivity contribution in [3.8, 4) is 22.9 Å². The highest BCUT2D eigenvalue weighted by atomic mass is 16.5. The van der Waals surface area contributed by atoms with Crippen molar-refractivity contribution in [2.45, 2.75) is 38.3 Å². The average molecular weight is 509 g/mol.